The molecule has 0 bridgehead atoms. The van der Waals surface area contributed by atoms with Gasteiger partial charge in [0.1, 0.15) is 12.6 Å². The van der Waals surface area contributed by atoms with E-state index in [-0.39, 0.29) is 6.10 Å². The highest BCUT2D eigenvalue weighted by molar-refractivity contribution is 5.73. The highest BCUT2D eigenvalue weighted by atomic mass is 16.5. The summed E-state index contributed by atoms with van der Waals surface area (Å²) in [6.07, 6.45) is 3.89. The van der Waals surface area contributed by atoms with Gasteiger partial charge >= 0.3 is 5.97 Å². The molecule has 20 heavy (non-hydrogen) atoms. The lowest BCUT2D eigenvalue weighted by Gasteiger charge is -2.41. The Bertz CT molecular complexity index is 452. The summed E-state index contributed by atoms with van der Waals surface area (Å²) in [7, 11) is 0. The Hall–Kier alpha value is -1.54. The van der Waals surface area contributed by atoms with Crippen LogP contribution in [-0.4, -0.2) is 50.4 Å². The van der Waals surface area contributed by atoms with Gasteiger partial charge in [0, 0.05) is 0 Å². The summed E-state index contributed by atoms with van der Waals surface area (Å²) in [6.45, 7) is 1.17. The first-order valence-electron chi connectivity index (χ1n) is 7.02. The Balaban J connectivity index is 1.52. The minimum absolute atomic E-state index is 0.169. The number of carbonyl (C=O) groups is 1. The number of hydrogen-bond donors (Lipinski definition) is 3. The maximum Gasteiger partial charge on any atom is 0.320 e. The van der Waals surface area contributed by atoms with Gasteiger partial charge in [-0.05, 0) is 44.1 Å². The van der Waals surface area contributed by atoms with Crippen LogP contribution in [0.4, 0.5) is 0 Å². The molecule has 3 N–H and O–H groups in total. The zero-order valence-corrected chi connectivity index (χ0v) is 11.2. The van der Waals surface area contributed by atoms with Gasteiger partial charge in [-0.25, -0.2) is 0 Å². The fourth-order valence-corrected chi connectivity index (χ4v) is 3.30. The molecule has 2 fully saturated rings. The SMILES string of the molecule is O=C(O)[C@@H]1C[C@H]2C[C@@H](OCc3nn[nH]n3)CC[C@H]2CN1. The maximum absolute atomic E-state index is 11.1. The highest BCUT2D eigenvalue weighted by Gasteiger charge is 2.37. The molecule has 1 aromatic heterocycles. The molecule has 110 valence electrons. The van der Waals surface area contributed by atoms with Crippen molar-refractivity contribution in [2.45, 2.75) is 44.4 Å². The molecule has 2 heterocycles. The van der Waals surface area contributed by atoms with Crippen LogP contribution in [-0.2, 0) is 16.1 Å². The Kier molecular flexibility index (Phi) is 3.93. The smallest absolute Gasteiger partial charge is 0.320 e. The number of carboxylic acid groups (broad SMARTS) is 1. The van der Waals surface area contributed by atoms with Crippen LogP contribution in [0.15, 0.2) is 0 Å². The van der Waals surface area contributed by atoms with Crippen molar-refractivity contribution in [2.24, 2.45) is 11.8 Å². The van der Waals surface area contributed by atoms with E-state index < -0.39 is 12.0 Å². The van der Waals surface area contributed by atoms with Crippen molar-refractivity contribution in [3.8, 4) is 0 Å². The van der Waals surface area contributed by atoms with Gasteiger partial charge in [-0.15, -0.1) is 10.2 Å². The number of nitrogens with zero attached hydrogens (tertiary/aromatic N) is 3. The van der Waals surface area contributed by atoms with Gasteiger partial charge in [0.25, 0.3) is 0 Å². The lowest BCUT2D eigenvalue weighted by atomic mass is 9.72. The molecule has 1 aromatic rings. The van der Waals surface area contributed by atoms with E-state index in [1.165, 1.54) is 0 Å². The molecule has 8 nitrogen and oxygen atoms in total. The molecule has 8 heteroatoms. The van der Waals surface area contributed by atoms with Crippen molar-refractivity contribution in [3.05, 3.63) is 5.82 Å². The van der Waals surface area contributed by atoms with Crippen LogP contribution >= 0.6 is 0 Å². The van der Waals surface area contributed by atoms with E-state index >= 15 is 0 Å². The summed E-state index contributed by atoms with van der Waals surface area (Å²) >= 11 is 0. The number of piperidine rings is 1. The van der Waals surface area contributed by atoms with Gasteiger partial charge in [0.15, 0.2) is 5.82 Å². The zero-order valence-electron chi connectivity index (χ0n) is 11.2. The van der Waals surface area contributed by atoms with Gasteiger partial charge < -0.3 is 15.2 Å². The van der Waals surface area contributed by atoms with Crippen molar-refractivity contribution in [1.82, 2.24) is 25.9 Å². The number of fused-ring (bicyclic) bond motifs is 1. The van der Waals surface area contributed by atoms with Gasteiger partial charge in [-0.2, -0.15) is 5.21 Å². The van der Waals surface area contributed by atoms with Crippen LogP contribution in [0.1, 0.15) is 31.5 Å². The number of carboxylic acids is 1. The van der Waals surface area contributed by atoms with E-state index in [4.69, 9.17) is 9.84 Å². The number of nitrogens with one attached hydrogen (secondary N) is 2. The van der Waals surface area contributed by atoms with Crippen molar-refractivity contribution in [1.29, 1.82) is 0 Å². The van der Waals surface area contributed by atoms with Crippen molar-refractivity contribution in [3.63, 3.8) is 0 Å². The molecular formula is C12H19N5O3. The van der Waals surface area contributed by atoms with Gasteiger partial charge in [-0.1, -0.05) is 5.21 Å². The largest absolute Gasteiger partial charge is 0.480 e. The second-order valence-corrected chi connectivity index (χ2v) is 5.63. The first kappa shape index (κ1) is 13.4. The van der Waals surface area contributed by atoms with E-state index in [0.717, 1.165) is 25.8 Å². The van der Waals surface area contributed by atoms with E-state index in [9.17, 15) is 4.79 Å². The summed E-state index contributed by atoms with van der Waals surface area (Å²) in [5, 5.41) is 25.8. The summed E-state index contributed by atoms with van der Waals surface area (Å²) in [6, 6.07) is -0.410. The van der Waals surface area contributed by atoms with E-state index in [0.29, 0.717) is 30.7 Å². The summed E-state index contributed by atoms with van der Waals surface area (Å²) < 4.78 is 5.82. The second kappa shape index (κ2) is 5.84. The van der Waals surface area contributed by atoms with Gasteiger partial charge in [0.2, 0.25) is 0 Å². The minimum Gasteiger partial charge on any atom is -0.480 e. The van der Waals surface area contributed by atoms with Crippen LogP contribution in [0.25, 0.3) is 0 Å². The average molecular weight is 281 g/mol. The van der Waals surface area contributed by atoms with Crippen molar-refractivity contribution in [2.75, 3.05) is 6.54 Å². The standard InChI is InChI=1S/C12H19N5O3/c18-12(19)10-4-8-3-9(2-1-7(8)5-13-10)20-6-11-14-16-17-15-11/h7-10,13H,1-6H2,(H,18,19)(H,14,15,16,17)/t7-,8+,9-,10-/m0/s1. The Morgan fingerprint density at radius 2 is 2.25 bits per heavy atom. The Morgan fingerprint density at radius 1 is 1.35 bits per heavy atom. The molecule has 0 unspecified atom stereocenters. The molecule has 1 aliphatic heterocycles. The third kappa shape index (κ3) is 2.96. The number of hydrogen-bond acceptors (Lipinski definition) is 6. The predicted molar refractivity (Wildman–Crippen MR) is 67.6 cm³/mol. The molecule has 0 aromatic carbocycles. The summed E-state index contributed by atoms with van der Waals surface area (Å²) in [4.78, 5) is 11.1. The minimum atomic E-state index is -0.752. The first-order chi connectivity index (χ1) is 9.72. The third-order valence-corrected chi connectivity index (χ3v) is 4.39. The van der Waals surface area contributed by atoms with E-state index in [2.05, 4.69) is 25.9 Å². The molecule has 1 aliphatic carbocycles. The van der Waals surface area contributed by atoms with Crippen LogP contribution < -0.4 is 5.32 Å². The quantitative estimate of drug-likeness (QED) is 0.709. The van der Waals surface area contributed by atoms with Gasteiger partial charge in [0.05, 0.1) is 6.10 Å². The lowest BCUT2D eigenvalue weighted by Crippen LogP contribution is -2.50. The number of aromatic nitrogens is 4. The highest BCUT2D eigenvalue weighted by Crippen LogP contribution is 2.37. The lowest BCUT2D eigenvalue weighted by molar-refractivity contribution is -0.141. The number of tetrazole rings is 1. The van der Waals surface area contributed by atoms with Crippen LogP contribution in [0.3, 0.4) is 0 Å². The Morgan fingerprint density at radius 3 is 3.00 bits per heavy atom. The third-order valence-electron chi connectivity index (χ3n) is 4.39. The van der Waals surface area contributed by atoms with Crippen molar-refractivity contribution < 1.29 is 14.6 Å². The fraction of sp³-hybridized carbons (Fsp3) is 0.833. The summed E-state index contributed by atoms with van der Waals surface area (Å²) in [5.41, 5.74) is 0. The van der Waals surface area contributed by atoms with E-state index in [1.54, 1.807) is 0 Å². The second-order valence-electron chi connectivity index (χ2n) is 5.63. The molecule has 0 radical (unpaired) electrons. The van der Waals surface area contributed by atoms with Crippen LogP contribution in [0.5, 0.6) is 0 Å². The van der Waals surface area contributed by atoms with Crippen molar-refractivity contribution >= 4 is 5.97 Å². The molecule has 4 atom stereocenters. The Labute approximate surface area is 116 Å². The predicted octanol–water partition coefficient (Wildman–Crippen LogP) is -0.0523. The number of rotatable bonds is 4. The zero-order chi connectivity index (χ0) is 13.9. The maximum atomic E-state index is 11.1. The number of H-pyrrole nitrogens is 1. The average Bonchev–Trinajstić information content (AvgIpc) is 2.97. The number of ether oxygens (including phenoxy) is 1. The molecule has 2 aliphatic rings. The van der Waals surface area contributed by atoms with E-state index in [1.807, 2.05) is 0 Å². The number of aliphatic carboxylic acids is 1. The topological polar surface area (TPSA) is 113 Å². The normalized spacial score (nSPS) is 33.6. The summed E-state index contributed by atoms with van der Waals surface area (Å²) in [5.74, 6) is 0.816. The molecule has 0 spiro atoms. The van der Waals surface area contributed by atoms with Gasteiger partial charge in [-0.3, -0.25) is 4.79 Å². The molecular weight excluding hydrogens is 262 g/mol. The monoisotopic (exact) mass is 281 g/mol. The molecule has 1 saturated carbocycles. The van der Waals surface area contributed by atoms with Crippen LogP contribution in [0, 0.1) is 11.8 Å². The molecule has 0 amide bonds. The van der Waals surface area contributed by atoms with Crippen LogP contribution in [0.2, 0.25) is 0 Å². The fourth-order valence-electron chi connectivity index (χ4n) is 3.30. The number of aromatic amines is 1. The molecule has 1 saturated heterocycles. The first-order valence-corrected chi connectivity index (χ1v) is 7.02. The molecule has 3 rings (SSSR count).